The van der Waals surface area contributed by atoms with E-state index in [0.717, 1.165) is 0 Å². The maximum absolute atomic E-state index is 4.87. The molecule has 1 N–H and O–H groups in total. The zero-order valence-corrected chi connectivity index (χ0v) is 19.2. The average molecular weight is 381 g/mol. The van der Waals surface area contributed by atoms with Crippen molar-refractivity contribution in [3.8, 4) is 0 Å². The van der Waals surface area contributed by atoms with Crippen molar-refractivity contribution in [1.29, 1.82) is 0 Å². The van der Waals surface area contributed by atoms with Gasteiger partial charge in [0.05, 0.1) is 5.71 Å². The van der Waals surface area contributed by atoms with Crippen molar-refractivity contribution in [3.05, 3.63) is 46.7 Å². The molecule has 0 bridgehead atoms. The van der Waals surface area contributed by atoms with Gasteiger partial charge in [-0.15, -0.1) is 0 Å². The van der Waals surface area contributed by atoms with Crippen LogP contribution in [-0.4, -0.2) is 5.71 Å². The summed E-state index contributed by atoms with van der Waals surface area (Å²) >= 11 is 0. The Bertz CT molecular complexity index is 738. The minimum atomic E-state index is 0.185. The lowest BCUT2D eigenvalue weighted by Crippen LogP contribution is -2.34. The summed E-state index contributed by atoms with van der Waals surface area (Å²) in [4.78, 5) is 0. The SMILES string of the molecule is CC1=C2C(CC(C)(C)C)CCCCCC2C(c2ccc(C(C)(C)C)cc2)=NN1. The number of hydrogen-bond acceptors (Lipinski definition) is 2. The Morgan fingerprint density at radius 2 is 1.57 bits per heavy atom. The van der Waals surface area contributed by atoms with Crippen LogP contribution < -0.4 is 5.43 Å². The van der Waals surface area contributed by atoms with Crippen LogP contribution in [0.4, 0.5) is 0 Å². The number of hydrogen-bond donors (Lipinski definition) is 1. The maximum Gasteiger partial charge on any atom is 0.0751 e. The molecule has 1 aliphatic carbocycles. The standard InChI is InChI=1S/C26H40N2/c1-18-23-20(17-25(2,3)4)11-9-8-10-12-22(23)24(28-27-18)19-13-15-21(16-14-19)26(5,6)7/h13-16,20,22,27H,8-12,17H2,1-7H3. The average Bonchev–Trinajstić information content (AvgIpc) is 2.57. The third kappa shape index (κ3) is 4.88. The summed E-state index contributed by atoms with van der Waals surface area (Å²) < 4.78 is 0. The minimum absolute atomic E-state index is 0.185. The monoisotopic (exact) mass is 380 g/mol. The number of benzene rings is 1. The molecule has 3 rings (SSSR count). The second-order valence-electron chi connectivity index (χ2n) is 11.2. The molecule has 1 fully saturated rings. The van der Waals surface area contributed by atoms with E-state index in [1.165, 1.54) is 61.1 Å². The Balaban J connectivity index is 1.94. The molecule has 2 aliphatic rings. The first-order valence-electron chi connectivity index (χ1n) is 11.2. The molecule has 0 radical (unpaired) electrons. The molecule has 0 aromatic heterocycles. The van der Waals surface area contributed by atoms with Gasteiger partial charge in [-0.05, 0) is 59.6 Å². The maximum atomic E-state index is 4.87. The van der Waals surface area contributed by atoms with Gasteiger partial charge in [0.1, 0.15) is 0 Å². The molecule has 1 aliphatic heterocycles. The Morgan fingerprint density at radius 1 is 0.929 bits per heavy atom. The highest BCUT2D eigenvalue weighted by Crippen LogP contribution is 2.42. The van der Waals surface area contributed by atoms with Crippen molar-refractivity contribution in [1.82, 2.24) is 5.43 Å². The molecule has 2 atom stereocenters. The number of nitrogens with one attached hydrogen (secondary N) is 1. The van der Waals surface area contributed by atoms with Crippen LogP contribution in [0.5, 0.6) is 0 Å². The van der Waals surface area contributed by atoms with Gasteiger partial charge in [-0.25, -0.2) is 0 Å². The molecule has 2 heteroatoms. The van der Waals surface area contributed by atoms with E-state index in [2.05, 4.69) is 78.2 Å². The first-order valence-corrected chi connectivity index (χ1v) is 11.2. The van der Waals surface area contributed by atoms with Crippen LogP contribution >= 0.6 is 0 Å². The predicted octanol–water partition coefficient (Wildman–Crippen LogP) is 7.20. The fourth-order valence-corrected chi connectivity index (χ4v) is 5.01. The highest BCUT2D eigenvalue weighted by molar-refractivity contribution is 6.04. The Kier molecular flexibility index (Phi) is 6.08. The second-order valence-corrected chi connectivity index (χ2v) is 11.2. The van der Waals surface area contributed by atoms with Gasteiger partial charge in [-0.1, -0.05) is 85.1 Å². The Hall–Kier alpha value is -1.57. The number of allylic oxidation sites excluding steroid dienone is 2. The number of hydrazone groups is 1. The van der Waals surface area contributed by atoms with E-state index in [9.17, 15) is 0 Å². The third-order valence-corrected chi connectivity index (χ3v) is 6.37. The molecule has 28 heavy (non-hydrogen) atoms. The third-order valence-electron chi connectivity index (χ3n) is 6.37. The highest BCUT2D eigenvalue weighted by Gasteiger charge is 2.34. The van der Waals surface area contributed by atoms with Gasteiger partial charge in [0.2, 0.25) is 0 Å². The van der Waals surface area contributed by atoms with Crippen LogP contribution in [-0.2, 0) is 5.41 Å². The lowest BCUT2D eigenvalue weighted by molar-refractivity contribution is 0.282. The zero-order chi connectivity index (χ0) is 20.5. The molecule has 2 unspecified atom stereocenters. The number of rotatable bonds is 2. The van der Waals surface area contributed by atoms with Crippen molar-refractivity contribution < 1.29 is 0 Å². The quantitative estimate of drug-likeness (QED) is 0.576. The highest BCUT2D eigenvalue weighted by atomic mass is 15.3. The predicted molar refractivity (Wildman–Crippen MR) is 122 cm³/mol. The van der Waals surface area contributed by atoms with Crippen molar-refractivity contribution >= 4 is 5.71 Å². The molecule has 1 saturated carbocycles. The minimum Gasteiger partial charge on any atom is -0.283 e. The van der Waals surface area contributed by atoms with Crippen molar-refractivity contribution in [2.45, 2.75) is 92.4 Å². The molecule has 1 aromatic rings. The zero-order valence-electron chi connectivity index (χ0n) is 19.2. The van der Waals surface area contributed by atoms with E-state index in [4.69, 9.17) is 5.10 Å². The van der Waals surface area contributed by atoms with Gasteiger partial charge < -0.3 is 0 Å². The van der Waals surface area contributed by atoms with Gasteiger partial charge >= 0.3 is 0 Å². The summed E-state index contributed by atoms with van der Waals surface area (Å²) in [5, 5.41) is 4.87. The first-order chi connectivity index (χ1) is 13.1. The van der Waals surface area contributed by atoms with Crippen LogP contribution in [0.1, 0.15) is 98.1 Å². The normalized spacial score (nSPS) is 24.0. The molecular weight excluding hydrogens is 340 g/mol. The van der Waals surface area contributed by atoms with Crippen molar-refractivity contribution in [2.24, 2.45) is 22.4 Å². The van der Waals surface area contributed by atoms with Gasteiger partial charge in [0, 0.05) is 11.6 Å². The van der Waals surface area contributed by atoms with Gasteiger partial charge in [-0.2, -0.15) is 5.10 Å². The fourth-order valence-electron chi connectivity index (χ4n) is 5.01. The topological polar surface area (TPSA) is 24.4 Å². The largest absolute Gasteiger partial charge is 0.283 e. The summed E-state index contributed by atoms with van der Waals surface area (Å²) in [5.41, 5.74) is 10.8. The van der Waals surface area contributed by atoms with E-state index in [0.29, 0.717) is 17.3 Å². The Labute approximate surface area is 172 Å². The van der Waals surface area contributed by atoms with Gasteiger partial charge in [0.25, 0.3) is 0 Å². The first kappa shape index (κ1) is 21.1. The van der Waals surface area contributed by atoms with Crippen LogP contribution in [0.15, 0.2) is 40.6 Å². The molecule has 154 valence electrons. The van der Waals surface area contributed by atoms with E-state index in [1.54, 1.807) is 5.57 Å². The molecule has 0 amide bonds. The molecule has 0 saturated heterocycles. The van der Waals surface area contributed by atoms with Gasteiger partial charge in [-0.3, -0.25) is 5.43 Å². The fraction of sp³-hybridized carbons (Fsp3) is 0.654. The summed E-state index contributed by atoms with van der Waals surface area (Å²) in [6.07, 6.45) is 7.83. The molecule has 0 spiro atoms. The van der Waals surface area contributed by atoms with E-state index in [1.807, 2.05) is 0 Å². The lowest BCUT2D eigenvalue weighted by atomic mass is 9.70. The number of fused-ring (bicyclic) bond motifs is 1. The smallest absolute Gasteiger partial charge is 0.0751 e. The summed E-state index contributed by atoms with van der Waals surface area (Å²) in [6.45, 7) is 16.2. The van der Waals surface area contributed by atoms with E-state index < -0.39 is 0 Å². The lowest BCUT2D eigenvalue weighted by Gasteiger charge is -2.38. The molecule has 1 heterocycles. The van der Waals surface area contributed by atoms with Crippen LogP contribution in [0.25, 0.3) is 0 Å². The summed E-state index contributed by atoms with van der Waals surface area (Å²) in [5.74, 6) is 1.13. The Morgan fingerprint density at radius 3 is 2.18 bits per heavy atom. The molecular formula is C26H40N2. The van der Waals surface area contributed by atoms with E-state index >= 15 is 0 Å². The number of nitrogens with zero attached hydrogens (tertiary/aromatic N) is 1. The van der Waals surface area contributed by atoms with E-state index in [-0.39, 0.29) is 5.41 Å². The van der Waals surface area contributed by atoms with Crippen molar-refractivity contribution in [2.75, 3.05) is 0 Å². The van der Waals surface area contributed by atoms with Gasteiger partial charge in [0.15, 0.2) is 0 Å². The summed E-state index contributed by atoms with van der Waals surface area (Å²) in [6, 6.07) is 9.16. The molecule has 1 aromatic carbocycles. The molecule has 2 nitrogen and oxygen atoms in total. The van der Waals surface area contributed by atoms with Crippen LogP contribution in [0.3, 0.4) is 0 Å². The van der Waals surface area contributed by atoms with Crippen molar-refractivity contribution in [3.63, 3.8) is 0 Å². The van der Waals surface area contributed by atoms with Crippen LogP contribution in [0, 0.1) is 17.3 Å². The summed E-state index contributed by atoms with van der Waals surface area (Å²) in [7, 11) is 0. The van der Waals surface area contributed by atoms with Crippen LogP contribution in [0.2, 0.25) is 0 Å². The second kappa shape index (κ2) is 8.05.